The van der Waals surface area contributed by atoms with E-state index in [0.29, 0.717) is 6.54 Å². The van der Waals surface area contributed by atoms with Crippen LogP contribution in [0.2, 0.25) is 0 Å². The minimum Gasteiger partial charge on any atom is -0.379 e. The first kappa shape index (κ1) is 12.6. The van der Waals surface area contributed by atoms with Crippen LogP contribution in [0.4, 0.5) is 0 Å². The zero-order chi connectivity index (χ0) is 13.1. The average molecular weight is 260 g/mol. The highest BCUT2D eigenvalue weighted by Crippen LogP contribution is 2.45. The number of morpholine rings is 1. The smallest absolute Gasteiger partial charge is 0.234 e. The average Bonchev–Trinajstić information content (AvgIpc) is 3.21. The van der Waals surface area contributed by atoms with Crippen LogP contribution < -0.4 is 5.32 Å². The highest BCUT2D eigenvalue weighted by atomic mass is 16.5. The van der Waals surface area contributed by atoms with Crippen LogP contribution >= 0.6 is 0 Å². The predicted octanol–water partition coefficient (Wildman–Crippen LogP) is 1.12. The normalized spacial score (nSPS) is 21.9. The van der Waals surface area contributed by atoms with Gasteiger partial charge in [-0.3, -0.25) is 9.69 Å². The van der Waals surface area contributed by atoms with Gasteiger partial charge in [-0.2, -0.15) is 0 Å². The van der Waals surface area contributed by atoms with Gasteiger partial charge in [0.15, 0.2) is 0 Å². The second-order valence-corrected chi connectivity index (χ2v) is 5.38. The Hall–Kier alpha value is -1.39. The minimum absolute atomic E-state index is 0.0926. The third-order valence-corrected chi connectivity index (χ3v) is 3.93. The number of rotatable bonds is 4. The van der Waals surface area contributed by atoms with E-state index in [-0.39, 0.29) is 11.4 Å². The number of ether oxygens (including phenoxy) is 1. The SMILES string of the molecule is O=C(CN1CCOCC1)NC1(c2ccccc2)CC1. The Morgan fingerprint density at radius 1 is 1.21 bits per heavy atom. The molecule has 1 aromatic rings. The molecule has 0 atom stereocenters. The number of amides is 1. The summed E-state index contributed by atoms with van der Waals surface area (Å²) < 4.78 is 5.29. The molecule has 0 aromatic heterocycles. The molecule has 0 unspecified atom stereocenters. The number of hydrogen-bond acceptors (Lipinski definition) is 3. The van der Waals surface area contributed by atoms with E-state index < -0.39 is 0 Å². The van der Waals surface area contributed by atoms with E-state index in [4.69, 9.17) is 4.74 Å². The molecule has 1 aliphatic carbocycles. The van der Waals surface area contributed by atoms with Crippen LogP contribution in [0.5, 0.6) is 0 Å². The van der Waals surface area contributed by atoms with Crippen molar-refractivity contribution in [2.24, 2.45) is 0 Å². The van der Waals surface area contributed by atoms with Crippen molar-refractivity contribution in [1.82, 2.24) is 10.2 Å². The van der Waals surface area contributed by atoms with Crippen LogP contribution in [0.1, 0.15) is 18.4 Å². The quantitative estimate of drug-likeness (QED) is 0.882. The minimum atomic E-state index is -0.0926. The number of hydrogen-bond donors (Lipinski definition) is 1. The topological polar surface area (TPSA) is 41.6 Å². The zero-order valence-electron chi connectivity index (χ0n) is 11.1. The third kappa shape index (κ3) is 2.96. The Balaban J connectivity index is 1.57. The number of carbonyl (C=O) groups excluding carboxylic acids is 1. The van der Waals surface area contributed by atoms with Crippen molar-refractivity contribution < 1.29 is 9.53 Å². The van der Waals surface area contributed by atoms with Crippen LogP contribution in [0.3, 0.4) is 0 Å². The van der Waals surface area contributed by atoms with Gasteiger partial charge in [0.25, 0.3) is 0 Å². The molecule has 1 N–H and O–H groups in total. The Morgan fingerprint density at radius 2 is 1.89 bits per heavy atom. The fourth-order valence-electron chi connectivity index (χ4n) is 2.64. The van der Waals surface area contributed by atoms with Gasteiger partial charge in [-0.15, -0.1) is 0 Å². The molecule has 1 saturated carbocycles. The van der Waals surface area contributed by atoms with E-state index in [1.54, 1.807) is 0 Å². The summed E-state index contributed by atoms with van der Waals surface area (Å²) in [6, 6.07) is 10.3. The third-order valence-electron chi connectivity index (χ3n) is 3.93. The van der Waals surface area contributed by atoms with Gasteiger partial charge in [0.05, 0.1) is 25.3 Å². The molecule has 3 rings (SSSR count). The maximum Gasteiger partial charge on any atom is 0.234 e. The van der Waals surface area contributed by atoms with Crippen molar-refractivity contribution in [3.05, 3.63) is 35.9 Å². The summed E-state index contributed by atoms with van der Waals surface area (Å²) >= 11 is 0. The van der Waals surface area contributed by atoms with Gasteiger partial charge in [-0.1, -0.05) is 30.3 Å². The van der Waals surface area contributed by atoms with E-state index in [1.165, 1.54) is 5.56 Å². The number of carbonyl (C=O) groups is 1. The summed E-state index contributed by atoms with van der Waals surface area (Å²) in [5.74, 6) is 0.128. The lowest BCUT2D eigenvalue weighted by atomic mass is 10.1. The van der Waals surface area contributed by atoms with E-state index >= 15 is 0 Å². The van der Waals surface area contributed by atoms with Crippen LogP contribution in [0.25, 0.3) is 0 Å². The molecule has 0 radical (unpaired) electrons. The van der Waals surface area contributed by atoms with Crippen molar-refractivity contribution in [2.75, 3.05) is 32.8 Å². The number of nitrogens with one attached hydrogen (secondary N) is 1. The Kier molecular flexibility index (Phi) is 3.53. The molecule has 1 saturated heterocycles. The molecule has 1 aromatic carbocycles. The van der Waals surface area contributed by atoms with Gasteiger partial charge in [0.1, 0.15) is 0 Å². The van der Waals surface area contributed by atoms with Crippen molar-refractivity contribution in [3.63, 3.8) is 0 Å². The van der Waals surface area contributed by atoms with Gasteiger partial charge >= 0.3 is 0 Å². The zero-order valence-corrected chi connectivity index (χ0v) is 11.1. The maximum absolute atomic E-state index is 12.1. The molecule has 0 bridgehead atoms. The first-order chi connectivity index (χ1) is 9.28. The van der Waals surface area contributed by atoms with Crippen LogP contribution in [-0.2, 0) is 15.1 Å². The van der Waals surface area contributed by atoms with E-state index in [2.05, 4.69) is 22.3 Å². The molecule has 1 amide bonds. The van der Waals surface area contributed by atoms with Crippen LogP contribution in [0, 0.1) is 0 Å². The molecule has 1 aliphatic heterocycles. The molecule has 4 heteroatoms. The van der Waals surface area contributed by atoms with Gasteiger partial charge in [-0.05, 0) is 18.4 Å². The summed E-state index contributed by atoms with van der Waals surface area (Å²) in [7, 11) is 0. The molecule has 2 fully saturated rings. The molecule has 1 heterocycles. The first-order valence-electron chi connectivity index (χ1n) is 6.95. The predicted molar refractivity (Wildman–Crippen MR) is 72.8 cm³/mol. The van der Waals surface area contributed by atoms with Gasteiger partial charge in [0.2, 0.25) is 5.91 Å². The lowest BCUT2D eigenvalue weighted by Crippen LogP contribution is -2.45. The van der Waals surface area contributed by atoms with Crippen LogP contribution in [-0.4, -0.2) is 43.7 Å². The number of nitrogens with zero attached hydrogens (tertiary/aromatic N) is 1. The second-order valence-electron chi connectivity index (χ2n) is 5.38. The standard InChI is InChI=1S/C15H20N2O2/c18-14(12-17-8-10-19-11-9-17)16-15(6-7-15)13-4-2-1-3-5-13/h1-5H,6-12H2,(H,16,18). The summed E-state index contributed by atoms with van der Waals surface area (Å²) in [4.78, 5) is 14.3. The maximum atomic E-state index is 12.1. The van der Waals surface area contributed by atoms with Crippen molar-refractivity contribution in [1.29, 1.82) is 0 Å². The van der Waals surface area contributed by atoms with Crippen molar-refractivity contribution >= 4 is 5.91 Å². The van der Waals surface area contributed by atoms with Gasteiger partial charge in [0, 0.05) is 13.1 Å². The van der Waals surface area contributed by atoms with E-state index in [9.17, 15) is 4.79 Å². The van der Waals surface area contributed by atoms with E-state index in [0.717, 1.165) is 39.1 Å². The molecular formula is C15H20N2O2. The molecule has 2 aliphatic rings. The fraction of sp³-hybridized carbons (Fsp3) is 0.533. The lowest BCUT2D eigenvalue weighted by molar-refractivity contribution is -0.124. The molecule has 0 spiro atoms. The first-order valence-corrected chi connectivity index (χ1v) is 6.95. The summed E-state index contributed by atoms with van der Waals surface area (Å²) in [5.41, 5.74) is 1.13. The fourth-order valence-corrected chi connectivity index (χ4v) is 2.64. The highest BCUT2D eigenvalue weighted by Gasteiger charge is 2.45. The largest absolute Gasteiger partial charge is 0.379 e. The van der Waals surface area contributed by atoms with Crippen molar-refractivity contribution in [3.8, 4) is 0 Å². The Bertz CT molecular complexity index is 437. The summed E-state index contributed by atoms with van der Waals surface area (Å²) in [5, 5.41) is 3.21. The monoisotopic (exact) mass is 260 g/mol. The number of benzene rings is 1. The van der Waals surface area contributed by atoms with E-state index in [1.807, 2.05) is 18.2 Å². The van der Waals surface area contributed by atoms with Gasteiger partial charge < -0.3 is 10.1 Å². The Labute approximate surface area is 113 Å². The summed E-state index contributed by atoms with van der Waals surface area (Å²) in [6.07, 6.45) is 2.09. The Morgan fingerprint density at radius 3 is 2.53 bits per heavy atom. The molecule has 102 valence electrons. The van der Waals surface area contributed by atoms with Crippen LogP contribution in [0.15, 0.2) is 30.3 Å². The molecule has 4 nitrogen and oxygen atoms in total. The van der Waals surface area contributed by atoms with Gasteiger partial charge in [-0.25, -0.2) is 0 Å². The highest BCUT2D eigenvalue weighted by molar-refractivity contribution is 5.79. The molecular weight excluding hydrogens is 240 g/mol. The van der Waals surface area contributed by atoms with Crippen molar-refractivity contribution in [2.45, 2.75) is 18.4 Å². The molecule has 19 heavy (non-hydrogen) atoms. The second kappa shape index (κ2) is 5.31. The summed E-state index contributed by atoms with van der Waals surface area (Å²) in [6.45, 7) is 3.66. The lowest BCUT2D eigenvalue weighted by Gasteiger charge is -2.27.